The quantitative estimate of drug-likeness (QED) is 0.701. The van der Waals surface area contributed by atoms with Gasteiger partial charge < -0.3 is 9.73 Å². The van der Waals surface area contributed by atoms with Crippen molar-refractivity contribution in [3.8, 4) is 11.5 Å². The van der Waals surface area contributed by atoms with Gasteiger partial charge in [0.25, 0.3) is 0 Å². The highest BCUT2D eigenvalue weighted by molar-refractivity contribution is 5.95. The largest absolute Gasteiger partial charge is 0.436 e. The van der Waals surface area contributed by atoms with Crippen molar-refractivity contribution in [2.45, 2.75) is 41.0 Å². The molecule has 1 heterocycles. The maximum Gasteiger partial charge on any atom is 0.229 e. The number of aromatic nitrogens is 1. The van der Waals surface area contributed by atoms with Crippen LogP contribution in [0.4, 0.5) is 5.69 Å². The zero-order chi connectivity index (χ0) is 18.2. The fourth-order valence-corrected chi connectivity index (χ4v) is 2.52. The molecule has 0 fully saturated rings. The van der Waals surface area contributed by atoms with E-state index in [0.29, 0.717) is 5.89 Å². The van der Waals surface area contributed by atoms with Crippen molar-refractivity contribution < 1.29 is 9.21 Å². The number of aryl methyl sites for hydroxylation is 2. The summed E-state index contributed by atoms with van der Waals surface area (Å²) < 4.78 is 5.90. The Morgan fingerprint density at radius 1 is 1.16 bits per heavy atom. The molecule has 2 aromatic carbocycles. The molecule has 0 bridgehead atoms. The number of carbonyl (C=O) groups is 1. The number of nitrogens with one attached hydrogen (secondary N) is 1. The summed E-state index contributed by atoms with van der Waals surface area (Å²) in [5.74, 6) is 0.549. The van der Waals surface area contributed by atoms with E-state index in [1.165, 1.54) is 5.56 Å². The molecule has 1 aromatic heterocycles. The van der Waals surface area contributed by atoms with Crippen LogP contribution in [-0.2, 0) is 11.2 Å². The number of hydrogen-bond donors (Lipinski definition) is 1. The van der Waals surface area contributed by atoms with Crippen LogP contribution in [0.2, 0.25) is 0 Å². The van der Waals surface area contributed by atoms with E-state index in [4.69, 9.17) is 4.42 Å². The molecule has 4 heteroatoms. The standard InChI is InChI=1S/C21H24N2O2/c1-6-14-8-10-18-17(11-14)22-19(25-18)15-9-7-13(2)16(12-15)23-20(24)21(3,4)5/h7-12H,6H2,1-5H3,(H,23,24). The zero-order valence-electron chi connectivity index (χ0n) is 15.4. The first-order valence-electron chi connectivity index (χ1n) is 8.60. The molecule has 0 atom stereocenters. The van der Waals surface area contributed by atoms with E-state index in [0.717, 1.165) is 34.3 Å². The minimum atomic E-state index is -0.448. The van der Waals surface area contributed by atoms with Crippen molar-refractivity contribution in [3.05, 3.63) is 47.5 Å². The lowest BCUT2D eigenvalue weighted by atomic mass is 9.95. The van der Waals surface area contributed by atoms with Crippen LogP contribution >= 0.6 is 0 Å². The lowest BCUT2D eigenvalue weighted by molar-refractivity contribution is -0.123. The number of benzene rings is 2. The van der Waals surface area contributed by atoms with Gasteiger partial charge in [-0.1, -0.05) is 39.8 Å². The fraction of sp³-hybridized carbons (Fsp3) is 0.333. The summed E-state index contributed by atoms with van der Waals surface area (Å²) in [5, 5.41) is 3.00. The first-order chi connectivity index (χ1) is 11.8. The second-order valence-electron chi connectivity index (χ2n) is 7.41. The van der Waals surface area contributed by atoms with E-state index in [1.54, 1.807) is 0 Å². The molecule has 0 unspecified atom stereocenters. The maximum atomic E-state index is 12.3. The fourth-order valence-electron chi connectivity index (χ4n) is 2.52. The van der Waals surface area contributed by atoms with Gasteiger partial charge in [0.2, 0.25) is 11.8 Å². The summed E-state index contributed by atoms with van der Waals surface area (Å²) in [6, 6.07) is 11.9. The number of oxazole rings is 1. The van der Waals surface area contributed by atoms with Crippen molar-refractivity contribution >= 4 is 22.7 Å². The van der Waals surface area contributed by atoms with Crippen LogP contribution in [0.3, 0.4) is 0 Å². The molecule has 25 heavy (non-hydrogen) atoms. The Morgan fingerprint density at radius 3 is 2.60 bits per heavy atom. The van der Waals surface area contributed by atoms with Gasteiger partial charge in [-0.15, -0.1) is 0 Å². The Kier molecular flexibility index (Phi) is 4.38. The van der Waals surface area contributed by atoms with Crippen LogP contribution in [0, 0.1) is 12.3 Å². The van der Waals surface area contributed by atoms with Crippen molar-refractivity contribution in [2.24, 2.45) is 5.41 Å². The first kappa shape index (κ1) is 17.2. The minimum absolute atomic E-state index is 0.0158. The van der Waals surface area contributed by atoms with Crippen molar-refractivity contribution in [2.75, 3.05) is 5.32 Å². The second kappa shape index (κ2) is 6.36. The molecule has 3 aromatic rings. The second-order valence-corrected chi connectivity index (χ2v) is 7.41. The minimum Gasteiger partial charge on any atom is -0.436 e. The van der Waals surface area contributed by atoms with Crippen LogP contribution in [0.1, 0.15) is 38.8 Å². The summed E-state index contributed by atoms with van der Waals surface area (Å²) in [7, 11) is 0. The SMILES string of the molecule is CCc1ccc2oc(-c3ccc(C)c(NC(=O)C(C)(C)C)c3)nc2c1. The molecule has 1 N–H and O–H groups in total. The predicted molar refractivity (Wildman–Crippen MR) is 102 cm³/mol. The molecule has 3 rings (SSSR count). The van der Waals surface area contributed by atoms with Crippen LogP contribution < -0.4 is 5.32 Å². The highest BCUT2D eigenvalue weighted by Crippen LogP contribution is 2.29. The van der Waals surface area contributed by atoms with Gasteiger partial charge in [0, 0.05) is 16.7 Å². The van der Waals surface area contributed by atoms with Gasteiger partial charge in [-0.3, -0.25) is 4.79 Å². The van der Waals surface area contributed by atoms with Crippen molar-refractivity contribution in [1.29, 1.82) is 0 Å². The van der Waals surface area contributed by atoms with E-state index < -0.39 is 5.41 Å². The number of nitrogens with zero attached hydrogens (tertiary/aromatic N) is 1. The summed E-state index contributed by atoms with van der Waals surface area (Å²) in [4.78, 5) is 16.9. The lowest BCUT2D eigenvalue weighted by Crippen LogP contribution is -2.27. The zero-order valence-corrected chi connectivity index (χ0v) is 15.4. The molecule has 0 radical (unpaired) electrons. The van der Waals surface area contributed by atoms with Crippen molar-refractivity contribution in [1.82, 2.24) is 4.98 Å². The molecule has 0 aliphatic carbocycles. The number of rotatable bonds is 3. The molecule has 1 amide bonds. The number of carbonyl (C=O) groups excluding carboxylic acids is 1. The Balaban J connectivity index is 1.98. The third-order valence-electron chi connectivity index (χ3n) is 4.27. The van der Waals surface area contributed by atoms with E-state index in [9.17, 15) is 4.79 Å². The summed E-state index contributed by atoms with van der Waals surface area (Å²) in [6.07, 6.45) is 0.964. The highest BCUT2D eigenvalue weighted by atomic mass is 16.3. The molecule has 130 valence electrons. The van der Waals surface area contributed by atoms with Crippen LogP contribution in [0.25, 0.3) is 22.6 Å². The third kappa shape index (κ3) is 3.58. The van der Waals surface area contributed by atoms with Crippen LogP contribution in [-0.4, -0.2) is 10.9 Å². The number of anilines is 1. The Bertz CT molecular complexity index is 933. The topological polar surface area (TPSA) is 55.1 Å². The van der Waals surface area contributed by atoms with Gasteiger partial charge in [0.05, 0.1) is 0 Å². The van der Waals surface area contributed by atoms with E-state index >= 15 is 0 Å². The van der Waals surface area contributed by atoms with Gasteiger partial charge in [0.1, 0.15) is 5.52 Å². The van der Waals surface area contributed by atoms with E-state index in [2.05, 4.69) is 29.4 Å². The Hall–Kier alpha value is -2.62. The molecule has 0 aliphatic heterocycles. The number of amides is 1. The summed E-state index contributed by atoms with van der Waals surface area (Å²) in [5.41, 5.74) is 5.05. The Morgan fingerprint density at radius 2 is 1.92 bits per heavy atom. The van der Waals surface area contributed by atoms with Crippen LogP contribution in [0.15, 0.2) is 40.8 Å². The summed E-state index contributed by atoms with van der Waals surface area (Å²) >= 11 is 0. The van der Waals surface area contributed by atoms with Gasteiger partial charge in [-0.05, 0) is 48.7 Å². The van der Waals surface area contributed by atoms with E-state index in [1.807, 2.05) is 52.0 Å². The summed E-state index contributed by atoms with van der Waals surface area (Å²) in [6.45, 7) is 9.78. The average molecular weight is 336 g/mol. The molecule has 0 spiro atoms. The van der Waals surface area contributed by atoms with Gasteiger partial charge in [0.15, 0.2) is 5.58 Å². The van der Waals surface area contributed by atoms with E-state index in [-0.39, 0.29) is 5.91 Å². The van der Waals surface area contributed by atoms with Gasteiger partial charge in [-0.2, -0.15) is 0 Å². The average Bonchev–Trinajstić information content (AvgIpc) is 2.98. The van der Waals surface area contributed by atoms with Crippen molar-refractivity contribution in [3.63, 3.8) is 0 Å². The monoisotopic (exact) mass is 336 g/mol. The molecule has 0 aliphatic rings. The normalized spacial score (nSPS) is 11.7. The predicted octanol–water partition coefficient (Wildman–Crippen LogP) is 5.35. The lowest BCUT2D eigenvalue weighted by Gasteiger charge is -2.19. The Labute approximate surface area is 148 Å². The molecular formula is C21H24N2O2. The molecular weight excluding hydrogens is 312 g/mol. The van der Waals surface area contributed by atoms with Crippen LogP contribution in [0.5, 0.6) is 0 Å². The maximum absolute atomic E-state index is 12.3. The molecule has 0 saturated heterocycles. The van der Waals surface area contributed by atoms with Gasteiger partial charge in [-0.25, -0.2) is 4.98 Å². The molecule has 0 saturated carbocycles. The molecule has 4 nitrogen and oxygen atoms in total. The smallest absolute Gasteiger partial charge is 0.229 e. The third-order valence-corrected chi connectivity index (χ3v) is 4.27. The highest BCUT2D eigenvalue weighted by Gasteiger charge is 2.22. The number of fused-ring (bicyclic) bond motifs is 1. The first-order valence-corrected chi connectivity index (χ1v) is 8.60. The van der Waals surface area contributed by atoms with Gasteiger partial charge >= 0.3 is 0 Å². The number of hydrogen-bond acceptors (Lipinski definition) is 3.